The zero-order valence-electron chi connectivity index (χ0n) is 9.32. The molecule has 0 aromatic heterocycles. The van der Waals surface area contributed by atoms with Crippen molar-refractivity contribution in [3.05, 3.63) is 50.6 Å². The van der Waals surface area contributed by atoms with Crippen LogP contribution in [0.2, 0.25) is 0 Å². The molecule has 0 unspecified atom stereocenters. The Morgan fingerprint density at radius 1 is 0.889 bits per heavy atom. The van der Waals surface area contributed by atoms with Crippen LogP contribution in [0.15, 0.2) is 30.3 Å². The average molecular weight is 240 g/mol. The summed E-state index contributed by atoms with van der Waals surface area (Å²) < 4.78 is 0. The molecule has 0 amide bonds. The topological polar surface area (TPSA) is 109 Å². The van der Waals surface area contributed by atoms with Crippen molar-refractivity contribution in [1.82, 2.24) is 0 Å². The predicted octanol–water partition coefficient (Wildman–Crippen LogP) is -1.27. The summed E-state index contributed by atoms with van der Waals surface area (Å²) in [5.41, 5.74) is -1.22. The van der Waals surface area contributed by atoms with Crippen molar-refractivity contribution in [2.75, 3.05) is 0 Å². The molecule has 0 N–H and O–H groups in total. The Hall–Kier alpha value is -2.10. The van der Waals surface area contributed by atoms with Gasteiger partial charge >= 0.3 is 18.9 Å². The summed E-state index contributed by atoms with van der Waals surface area (Å²) in [6.45, 7) is 0. The Morgan fingerprint density at radius 3 is 1.89 bits per heavy atom. The van der Waals surface area contributed by atoms with Crippen molar-refractivity contribution in [2.24, 2.45) is 0 Å². The number of benzene rings is 2. The number of nitro benzene ring substituents is 2. The zero-order valence-corrected chi connectivity index (χ0v) is 9.32. The van der Waals surface area contributed by atoms with Gasteiger partial charge in [0, 0.05) is 0 Å². The van der Waals surface area contributed by atoms with Gasteiger partial charge in [0.05, 0.1) is 21.3 Å². The molecule has 0 aliphatic heterocycles. The van der Waals surface area contributed by atoms with E-state index in [1.165, 1.54) is 24.3 Å². The maximum atomic E-state index is 11.7. The minimum atomic E-state index is -0.915. The van der Waals surface area contributed by atoms with Crippen LogP contribution < -0.4 is 24.0 Å². The van der Waals surface area contributed by atoms with Crippen molar-refractivity contribution < 1.29 is 33.8 Å². The number of nitrogens with zero attached hydrogens (tertiary/aromatic N) is 2. The molecule has 0 fully saturated rings. The second-order valence-corrected chi connectivity index (χ2v) is 3.30. The molecule has 2 aromatic carbocycles. The Bertz CT molecular complexity index is 643. The summed E-state index contributed by atoms with van der Waals surface area (Å²) in [5, 5.41) is 33.2. The number of nitro groups is 2. The monoisotopic (exact) mass is 240 g/mol. The van der Waals surface area contributed by atoms with Gasteiger partial charge in [-0.25, -0.2) is 0 Å². The molecule has 86 valence electrons. The van der Waals surface area contributed by atoms with E-state index in [-0.39, 0.29) is 29.6 Å². The molecular weight excluding hydrogens is 235 g/mol. The van der Waals surface area contributed by atoms with Gasteiger partial charge in [-0.3, -0.25) is 20.2 Å². The molecule has 0 spiro atoms. The van der Waals surface area contributed by atoms with Crippen LogP contribution >= 0.6 is 0 Å². The van der Waals surface area contributed by atoms with Crippen molar-refractivity contribution in [3.63, 3.8) is 0 Å². The number of hydrogen-bond acceptors (Lipinski definition) is 5. The van der Waals surface area contributed by atoms with E-state index in [0.717, 1.165) is 0 Å². The van der Waals surface area contributed by atoms with Crippen LogP contribution in [0.1, 0.15) is 0 Å². The first-order valence-electron chi connectivity index (χ1n) is 4.54. The van der Waals surface area contributed by atoms with Crippen molar-refractivity contribution in [2.45, 2.75) is 0 Å². The molecule has 0 heterocycles. The molecule has 0 atom stereocenters. The fourth-order valence-electron chi connectivity index (χ4n) is 1.60. The van der Waals surface area contributed by atoms with Crippen molar-refractivity contribution >= 4 is 22.1 Å². The maximum Gasteiger partial charge on any atom is 1.00 e. The Kier molecular flexibility index (Phi) is 3.91. The second-order valence-electron chi connectivity index (χ2n) is 3.30. The number of rotatable bonds is 2. The van der Waals surface area contributed by atoms with Gasteiger partial charge in [-0.1, -0.05) is 18.2 Å². The van der Waals surface area contributed by atoms with Crippen LogP contribution in [0.5, 0.6) is 5.75 Å². The van der Waals surface area contributed by atoms with Crippen LogP contribution in [-0.4, -0.2) is 9.85 Å². The molecule has 0 saturated carbocycles. The van der Waals surface area contributed by atoms with Gasteiger partial charge in [0.15, 0.2) is 0 Å². The fourth-order valence-corrected chi connectivity index (χ4v) is 1.60. The molecule has 8 heteroatoms. The van der Waals surface area contributed by atoms with Gasteiger partial charge < -0.3 is 5.11 Å². The summed E-state index contributed by atoms with van der Waals surface area (Å²) in [7, 11) is 0. The standard InChI is InChI=1S/C10H6N2O5.Li/c13-10-7-4-2-1-3-6(7)8(11(14)15)5-9(10)12(16)17;/h1-5,13H;/q;+1/p-1. The van der Waals surface area contributed by atoms with E-state index in [1.807, 2.05) is 0 Å². The van der Waals surface area contributed by atoms with E-state index in [4.69, 9.17) is 0 Å². The van der Waals surface area contributed by atoms with Crippen LogP contribution in [0.25, 0.3) is 10.8 Å². The number of fused-ring (bicyclic) bond motifs is 1. The van der Waals surface area contributed by atoms with Crippen molar-refractivity contribution in [1.29, 1.82) is 0 Å². The van der Waals surface area contributed by atoms with E-state index in [0.29, 0.717) is 6.07 Å². The zero-order chi connectivity index (χ0) is 12.6. The SMILES string of the molecule is O=[N+]([O-])c1cc([N+](=O)[O-])c2ccccc2c1[O-].[Li+]. The molecule has 0 radical (unpaired) electrons. The first kappa shape index (κ1) is 14.0. The number of non-ortho nitro benzene ring substituents is 1. The molecular formula is C10H5LiN2O5. The molecule has 7 nitrogen and oxygen atoms in total. The Morgan fingerprint density at radius 2 is 1.39 bits per heavy atom. The van der Waals surface area contributed by atoms with Crippen molar-refractivity contribution in [3.8, 4) is 5.75 Å². The third-order valence-corrected chi connectivity index (χ3v) is 2.35. The normalized spacial score (nSPS) is 9.78. The Labute approximate surface area is 113 Å². The molecule has 0 aliphatic rings. The van der Waals surface area contributed by atoms with E-state index in [1.54, 1.807) is 0 Å². The van der Waals surface area contributed by atoms with E-state index in [2.05, 4.69) is 0 Å². The molecule has 2 aromatic rings. The first-order valence-corrected chi connectivity index (χ1v) is 4.54. The quantitative estimate of drug-likeness (QED) is 0.369. The molecule has 0 bridgehead atoms. The maximum absolute atomic E-state index is 11.7. The van der Waals surface area contributed by atoms with Gasteiger partial charge in [-0.2, -0.15) is 0 Å². The molecule has 0 saturated heterocycles. The average Bonchev–Trinajstić information content (AvgIpc) is 2.29. The molecule has 2 rings (SSSR count). The van der Waals surface area contributed by atoms with E-state index >= 15 is 0 Å². The molecule has 18 heavy (non-hydrogen) atoms. The van der Waals surface area contributed by atoms with Gasteiger partial charge in [-0.15, -0.1) is 0 Å². The van der Waals surface area contributed by atoms with Crippen LogP contribution in [-0.2, 0) is 0 Å². The largest absolute Gasteiger partial charge is 1.00 e. The van der Waals surface area contributed by atoms with Crippen LogP contribution in [0, 0.1) is 20.2 Å². The summed E-state index contributed by atoms with van der Waals surface area (Å²) in [4.78, 5) is 19.7. The van der Waals surface area contributed by atoms with Crippen LogP contribution in [0.4, 0.5) is 11.4 Å². The third-order valence-electron chi connectivity index (χ3n) is 2.35. The van der Waals surface area contributed by atoms with Gasteiger partial charge in [0.2, 0.25) is 0 Å². The second kappa shape index (κ2) is 5.04. The van der Waals surface area contributed by atoms with Crippen LogP contribution in [0.3, 0.4) is 0 Å². The van der Waals surface area contributed by atoms with E-state index in [9.17, 15) is 25.3 Å². The smallest absolute Gasteiger partial charge is 0.867 e. The van der Waals surface area contributed by atoms with Gasteiger partial charge in [0.1, 0.15) is 0 Å². The number of hydrogen-bond donors (Lipinski definition) is 0. The summed E-state index contributed by atoms with van der Waals surface area (Å²) in [6, 6.07) is 6.44. The first-order chi connectivity index (χ1) is 8.02. The summed E-state index contributed by atoms with van der Waals surface area (Å²) in [6.07, 6.45) is 0. The Balaban J connectivity index is 0.00000162. The van der Waals surface area contributed by atoms with E-state index < -0.39 is 27.0 Å². The summed E-state index contributed by atoms with van der Waals surface area (Å²) in [5.74, 6) is -0.809. The van der Waals surface area contributed by atoms with Gasteiger partial charge in [-0.05, 0) is 17.2 Å². The fraction of sp³-hybridized carbons (Fsp3) is 0. The third kappa shape index (κ3) is 2.14. The molecule has 0 aliphatic carbocycles. The van der Waals surface area contributed by atoms with Gasteiger partial charge in [0.25, 0.3) is 11.4 Å². The predicted molar refractivity (Wildman–Crippen MR) is 56.7 cm³/mol. The minimum absolute atomic E-state index is 0. The summed E-state index contributed by atoms with van der Waals surface area (Å²) >= 11 is 0. The minimum Gasteiger partial charge on any atom is -0.867 e.